The Bertz CT molecular complexity index is 505. The highest BCUT2D eigenvalue weighted by Crippen LogP contribution is 2.23. The summed E-state index contributed by atoms with van der Waals surface area (Å²) in [4.78, 5) is 18.6. The van der Waals surface area contributed by atoms with Gasteiger partial charge in [-0.05, 0) is 31.4 Å². The van der Waals surface area contributed by atoms with Gasteiger partial charge in [0, 0.05) is 24.9 Å². The lowest BCUT2D eigenvalue weighted by Crippen LogP contribution is -2.41. The third kappa shape index (κ3) is 3.13. The van der Waals surface area contributed by atoms with Gasteiger partial charge in [-0.25, -0.2) is 4.98 Å². The number of likely N-dealkylation sites (N-methyl/N-ethyl adjacent to an activating group) is 1. The molecule has 2 heterocycles. The molecule has 20 heavy (non-hydrogen) atoms. The average Bonchev–Trinajstić information content (AvgIpc) is 2.82. The molecule has 0 radical (unpaired) electrons. The molecular formula is C15H21ClN2O2. The maximum Gasteiger partial charge on any atom is 0.254 e. The number of ether oxygens (including phenoxy) is 1. The average molecular weight is 297 g/mol. The second kappa shape index (κ2) is 6.10. The summed E-state index contributed by atoms with van der Waals surface area (Å²) >= 11 is 6.02. The fourth-order valence-electron chi connectivity index (χ4n) is 2.52. The zero-order valence-corrected chi connectivity index (χ0v) is 13.1. The van der Waals surface area contributed by atoms with E-state index < -0.39 is 0 Å². The van der Waals surface area contributed by atoms with Gasteiger partial charge in [-0.3, -0.25) is 4.79 Å². The SMILES string of the molecule is CC(C)c1cc(C(=O)N(C)C2CCOC2C)cc(Cl)n1. The van der Waals surface area contributed by atoms with Crippen molar-refractivity contribution in [3.05, 3.63) is 28.5 Å². The van der Waals surface area contributed by atoms with E-state index in [0.717, 1.165) is 12.1 Å². The van der Waals surface area contributed by atoms with E-state index in [2.05, 4.69) is 4.98 Å². The largest absolute Gasteiger partial charge is 0.376 e. The van der Waals surface area contributed by atoms with Gasteiger partial charge < -0.3 is 9.64 Å². The number of nitrogens with zero attached hydrogens (tertiary/aromatic N) is 2. The zero-order valence-electron chi connectivity index (χ0n) is 12.4. The molecule has 2 atom stereocenters. The minimum atomic E-state index is -0.0291. The van der Waals surface area contributed by atoms with Crippen LogP contribution in [-0.2, 0) is 4.74 Å². The molecule has 4 nitrogen and oxygen atoms in total. The lowest BCUT2D eigenvalue weighted by Gasteiger charge is -2.27. The Morgan fingerprint density at radius 2 is 2.20 bits per heavy atom. The Morgan fingerprint density at radius 3 is 2.75 bits per heavy atom. The molecule has 0 saturated carbocycles. The number of amides is 1. The smallest absolute Gasteiger partial charge is 0.254 e. The number of carbonyl (C=O) groups excluding carboxylic acids is 1. The number of pyridine rings is 1. The predicted molar refractivity (Wildman–Crippen MR) is 79.2 cm³/mol. The molecule has 2 rings (SSSR count). The monoisotopic (exact) mass is 296 g/mol. The van der Waals surface area contributed by atoms with Crippen LogP contribution < -0.4 is 0 Å². The summed E-state index contributed by atoms with van der Waals surface area (Å²) in [7, 11) is 1.82. The molecule has 0 bridgehead atoms. The second-order valence-electron chi connectivity index (χ2n) is 5.61. The maximum absolute atomic E-state index is 12.6. The minimum absolute atomic E-state index is 0.0291. The lowest BCUT2D eigenvalue weighted by atomic mass is 10.1. The quantitative estimate of drug-likeness (QED) is 0.805. The molecular weight excluding hydrogens is 276 g/mol. The molecule has 5 heteroatoms. The van der Waals surface area contributed by atoms with Crippen molar-refractivity contribution in [1.82, 2.24) is 9.88 Å². The van der Waals surface area contributed by atoms with Gasteiger partial charge in [0.25, 0.3) is 5.91 Å². The van der Waals surface area contributed by atoms with Crippen molar-refractivity contribution in [2.24, 2.45) is 0 Å². The molecule has 0 N–H and O–H groups in total. The van der Waals surface area contributed by atoms with E-state index in [4.69, 9.17) is 16.3 Å². The van der Waals surface area contributed by atoms with Crippen LogP contribution in [0.1, 0.15) is 49.2 Å². The molecule has 0 spiro atoms. The molecule has 1 aliphatic rings. The molecule has 1 aromatic rings. The molecule has 1 aromatic heterocycles. The number of hydrogen-bond donors (Lipinski definition) is 0. The van der Waals surface area contributed by atoms with Crippen LogP contribution in [0.2, 0.25) is 5.15 Å². The molecule has 2 unspecified atom stereocenters. The van der Waals surface area contributed by atoms with Crippen LogP contribution in [0.3, 0.4) is 0 Å². The number of rotatable bonds is 3. The summed E-state index contributed by atoms with van der Waals surface area (Å²) in [5.41, 5.74) is 1.43. The Hall–Kier alpha value is -1.13. The van der Waals surface area contributed by atoms with Gasteiger partial charge in [-0.15, -0.1) is 0 Å². The van der Waals surface area contributed by atoms with E-state index in [-0.39, 0.29) is 24.0 Å². The fraction of sp³-hybridized carbons (Fsp3) is 0.600. The highest BCUT2D eigenvalue weighted by atomic mass is 35.5. The highest BCUT2D eigenvalue weighted by Gasteiger charge is 2.31. The first-order valence-corrected chi connectivity index (χ1v) is 7.34. The summed E-state index contributed by atoms with van der Waals surface area (Å²) in [6, 6.07) is 3.58. The van der Waals surface area contributed by atoms with Gasteiger partial charge in [0.1, 0.15) is 5.15 Å². The Kier molecular flexibility index (Phi) is 4.66. The standard InChI is InChI=1S/C15H21ClN2O2/c1-9(2)12-7-11(8-14(16)17-12)15(19)18(4)13-5-6-20-10(13)3/h7-10,13H,5-6H2,1-4H3. The molecule has 0 aliphatic carbocycles. The van der Waals surface area contributed by atoms with Crippen molar-refractivity contribution >= 4 is 17.5 Å². The molecule has 0 aromatic carbocycles. The number of aromatic nitrogens is 1. The van der Waals surface area contributed by atoms with Gasteiger partial charge in [0.05, 0.1) is 12.1 Å². The first-order valence-electron chi connectivity index (χ1n) is 6.96. The molecule has 1 aliphatic heterocycles. The first-order chi connectivity index (χ1) is 9.40. The van der Waals surface area contributed by atoms with Gasteiger partial charge in [-0.1, -0.05) is 25.4 Å². The molecule has 1 amide bonds. The van der Waals surface area contributed by atoms with Gasteiger partial charge >= 0.3 is 0 Å². The van der Waals surface area contributed by atoms with E-state index in [9.17, 15) is 4.79 Å². The van der Waals surface area contributed by atoms with Crippen LogP contribution in [0.25, 0.3) is 0 Å². The van der Waals surface area contributed by atoms with E-state index >= 15 is 0 Å². The third-order valence-corrected chi connectivity index (χ3v) is 4.00. The van der Waals surface area contributed by atoms with Crippen LogP contribution in [0, 0.1) is 0 Å². The fourth-order valence-corrected chi connectivity index (χ4v) is 2.73. The van der Waals surface area contributed by atoms with Crippen molar-refractivity contribution < 1.29 is 9.53 Å². The molecule has 110 valence electrons. The van der Waals surface area contributed by atoms with Gasteiger partial charge in [0.2, 0.25) is 0 Å². The van der Waals surface area contributed by atoms with Crippen LogP contribution in [0.15, 0.2) is 12.1 Å². The first kappa shape index (κ1) is 15.3. The highest BCUT2D eigenvalue weighted by molar-refractivity contribution is 6.29. The molecule has 1 fully saturated rings. The van der Waals surface area contributed by atoms with E-state index in [0.29, 0.717) is 17.3 Å². The Morgan fingerprint density at radius 1 is 1.50 bits per heavy atom. The van der Waals surface area contributed by atoms with E-state index in [1.165, 1.54) is 0 Å². The maximum atomic E-state index is 12.6. The van der Waals surface area contributed by atoms with Crippen LogP contribution in [0.4, 0.5) is 0 Å². The number of halogens is 1. The van der Waals surface area contributed by atoms with E-state index in [1.54, 1.807) is 11.0 Å². The van der Waals surface area contributed by atoms with Crippen molar-refractivity contribution in [1.29, 1.82) is 0 Å². The minimum Gasteiger partial charge on any atom is -0.376 e. The third-order valence-electron chi connectivity index (χ3n) is 3.81. The van der Waals surface area contributed by atoms with Crippen molar-refractivity contribution in [2.75, 3.05) is 13.7 Å². The van der Waals surface area contributed by atoms with E-state index in [1.807, 2.05) is 33.9 Å². The van der Waals surface area contributed by atoms with Gasteiger partial charge in [-0.2, -0.15) is 0 Å². The summed E-state index contributed by atoms with van der Waals surface area (Å²) in [6.07, 6.45) is 0.949. The summed E-state index contributed by atoms with van der Waals surface area (Å²) in [6.45, 7) is 6.77. The Balaban J connectivity index is 2.24. The predicted octanol–water partition coefficient (Wildman–Crippen LogP) is 3.11. The number of hydrogen-bond acceptors (Lipinski definition) is 3. The molecule has 1 saturated heterocycles. The van der Waals surface area contributed by atoms with Crippen molar-refractivity contribution in [3.8, 4) is 0 Å². The summed E-state index contributed by atoms with van der Waals surface area (Å²) in [5.74, 6) is 0.206. The second-order valence-corrected chi connectivity index (χ2v) is 5.99. The topological polar surface area (TPSA) is 42.4 Å². The van der Waals surface area contributed by atoms with Crippen LogP contribution in [0.5, 0.6) is 0 Å². The van der Waals surface area contributed by atoms with Crippen molar-refractivity contribution in [2.45, 2.75) is 45.3 Å². The van der Waals surface area contributed by atoms with Crippen LogP contribution >= 0.6 is 11.6 Å². The lowest BCUT2D eigenvalue weighted by molar-refractivity contribution is 0.0574. The summed E-state index contributed by atoms with van der Waals surface area (Å²) in [5, 5.41) is 0.365. The van der Waals surface area contributed by atoms with Gasteiger partial charge in [0.15, 0.2) is 0 Å². The van der Waals surface area contributed by atoms with Crippen molar-refractivity contribution in [3.63, 3.8) is 0 Å². The zero-order chi connectivity index (χ0) is 14.9. The number of carbonyl (C=O) groups is 1. The van der Waals surface area contributed by atoms with Crippen LogP contribution in [-0.4, -0.2) is 41.6 Å². The summed E-state index contributed by atoms with van der Waals surface area (Å²) < 4.78 is 5.53. The normalized spacial score (nSPS) is 22.3. The Labute approximate surface area is 125 Å².